The summed E-state index contributed by atoms with van der Waals surface area (Å²) < 4.78 is 4.73. The van der Waals surface area contributed by atoms with Crippen molar-refractivity contribution in [1.29, 1.82) is 0 Å². The molecular weight excluding hydrogens is 146 g/mol. The third kappa shape index (κ3) is 2.65. The van der Waals surface area contributed by atoms with E-state index in [0.29, 0.717) is 13.2 Å². The van der Waals surface area contributed by atoms with E-state index in [1.165, 1.54) is 4.80 Å². The van der Waals surface area contributed by atoms with Gasteiger partial charge in [0, 0.05) is 7.11 Å². The van der Waals surface area contributed by atoms with E-state index in [2.05, 4.69) is 10.2 Å². The lowest BCUT2D eigenvalue weighted by Gasteiger charge is -2.07. The molecule has 0 aromatic carbocycles. The summed E-state index contributed by atoms with van der Waals surface area (Å²) >= 11 is 0. The highest BCUT2D eigenvalue weighted by molar-refractivity contribution is 4.61. The van der Waals surface area contributed by atoms with E-state index in [1.807, 2.05) is 0 Å². The molecule has 0 fully saturated rings. The Labute approximate surface area is 64.6 Å². The lowest BCUT2D eigenvalue weighted by atomic mass is 10.4. The molecule has 1 atom stereocenters. The van der Waals surface area contributed by atoms with Gasteiger partial charge in [0.2, 0.25) is 0 Å². The van der Waals surface area contributed by atoms with Crippen molar-refractivity contribution in [1.82, 2.24) is 15.0 Å². The third-order valence-corrected chi connectivity index (χ3v) is 1.20. The Morgan fingerprint density at radius 1 is 1.55 bits per heavy atom. The normalized spacial score (nSPS) is 13.3. The number of aromatic nitrogens is 3. The van der Waals surface area contributed by atoms with Crippen molar-refractivity contribution >= 4 is 0 Å². The van der Waals surface area contributed by atoms with Crippen LogP contribution in [0.4, 0.5) is 0 Å². The van der Waals surface area contributed by atoms with Gasteiger partial charge >= 0.3 is 0 Å². The highest BCUT2D eigenvalue weighted by Gasteiger charge is 2.04. The van der Waals surface area contributed by atoms with Gasteiger partial charge in [-0.3, -0.25) is 0 Å². The van der Waals surface area contributed by atoms with Crippen LogP contribution < -0.4 is 0 Å². The van der Waals surface area contributed by atoms with E-state index in [-0.39, 0.29) is 0 Å². The van der Waals surface area contributed by atoms with Crippen LogP contribution >= 0.6 is 0 Å². The van der Waals surface area contributed by atoms with E-state index in [0.717, 1.165) is 0 Å². The molecule has 11 heavy (non-hydrogen) atoms. The number of aliphatic hydroxyl groups is 1. The quantitative estimate of drug-likeness (QED) is 0.627. The second-order valence-electron chi connectivity index (χ2n) is 2.19. The molecular formula is C6H11N3O2. The van der Waals surface area contributed by atoms with Gasteiger partial charge in [-0.05, 0) is 0 Å². The minimum atomic E-state index is -0.535. The molecule has 1 unspecified atom stereocenters. The Hall–Kier alpha value is -0.940. The summed E-state index contributed by atoms with van der Waals surface area (Å²) in [6.07, 6.45) is 2.60. The summed E-state index contributed by atoms with van der Waals surface area (Å²) in [7, 11) is 1.54. The molecule has 0 saturated carbocycles. The number of hydrogen-bond acceptors (Lipinski definition) is 4. The van der Waals surface area contributed by atoms with Crippen molar-refractivity contribution < 1.29 is 9.84 Å². The molecule has 0 bridgehead atoms. The predicted molar refractivity (Wildman–Crippen MR) is 37.9 cm³/mol. The smallest absolute Gasteiger partial charge is 0.0986 e. The van der Waals surface area contributed by atoms with Gasteiger partial charge in [-0.15, -0.1) is 0 Å². The fraction of sp³-hybridized carbons (Fsp3) is 0.667. The molecule has 0 saturated heterocycles. The largest absolute Gasteiger partial charge is 0.389 e. The van der Waals surface area contributed by atoms with E-state index in [1.54, 1.807) is 19.5 Å². The van der Waals surface area contributed by atoms with Crippen LogP contribution in [0, 0.1) is 0 Å². The van der Waals surface area contributed by atoms with E-state index in [9.17, 15) is 5.11 Å². The number of methoxy groups -OCH3 is 1. The van der Waals surface area contributed by atoms with Crippen LogP contribution in [0.1, 0.15) is 0 Å². The first kappa shape index (κ1) is 8.16. The minimum Gasteiger partial charge on any atom is -0.389 e. The SMILES string of the molecule is COCC(O)Cn1nccn1. The van der Waals surface area contributed by atoms with Gasteiger partial charge in [-0.2, -0.15) is 15.0 Å². The lowest BCUT2D eigenvalue weighted by Crippen LogP contribution is -2.22. The molecule has 0 aliphatic carbocycles. The molecule has 1 aromatic heterocycles. The summed E-state index contributed by atoms with van der Waals surface area (Å²) in [5.74, 6) is 0. The second kappa shape index (κ2) is 4.05. The maximum atomic E-state index is 9.20. The topological polar surface area (TPSA) is 60.2 Å². The van der Waals surface area contributed by atoms with Crippen molar-refractivity contribution in [2.75, 3.05) is 13.7 Å². The summed E-state index contributed by atoms with van der Waals surface area (Å²) in [6.45, 7) is 0.683. The van der Waals surface area contributed by atoms with Crippen molar-refractivity contribution in [3.8, 4) is 0 Å². The van der Waals surface area contributed by atoms with Crippen LogP contribution in [0.15, 0.2) is 12.4 Å². The number of aliphatic hydroxyl groups excluding tert-OH is 1. The summed E-state index contributed by atoms with van der Waals surface area (Å²) in [6, 6.07) is 0. The zero-order chi connectivity index (χ0) is 8.10. The Morgan fingerprint density at radius 3 is 2.73 bits per heavy atom. The van der Waals surface area contributed by atoms with Gasteiger partial charge in [-0.25, -0.2) is 0 Å². The van der Waals surface area contributed by atoms with Crippen molar-refractivity contribution in [3.63, 3.8) is 0 Å². The average molecular weight is 157 g/mol. The van der Waals surface area contributed by atoms with E-state index in [4.69, 9.17) is 4.74 Å². The Balaban J connectivity index is 2.31. The average Bonchev–Trinajstić information content (AvgIpc) is 2.40. The fourth-order valence-corrected chi connectivity index (χ4v) is 0.771. The van der Waals surface area contributed by atoms with Gasteiger partial charge in [0.25, 0.3) is 0 Å². The zero-order valence-electron chi connectivity index (χ0n) is 6.34. The van der Waals surface area contributed by atoms with Crippen LogP contribution in [-0.4, -0.2) is 39.9 Å². The van der Waals surface area contributed by atoms with Gasteiger partial charge in [0.15, 0.2) is 0 Å². The number of hydrogen-bond donors (Lipinski definition) is 1. The Kier molecular flexibility index (Phi) is 3.00. The van der Waals surface area contributed by atoms with Gasteiger partial charge in [0.1, 0.15) is 0 Å². The summed E-state index contributed by atoms with van der Waals surface area (Å²) in [4.78, 5) is 1.42. The maximum absolute atomic E-state index is 9.20. The van der Waals surface area contributed by atoms with Gasteiger partial charge < -0.3 is 9.84 Å². The number of ether oxygens (including phenoxy) is 1. The third-order valence-electron chi connectivity index (χ3n) is 1.20. The minimum absolute atomic E-state index is 0.307. The van der Waals surface area contributed by atoms with Crippen LogP contribution in [-0.2, 0) is 11.3 Å². The summed E-state index contributed by atoms with van der Waals surface area (Å²) in [5, 5.41) is 16.9. The first-order chi connectivity index (χ1) is 5.33. The van der Waals surface area contributed by atoms with Gasteiger partial charge in [-0.1, -0.05) is 0 Å². The fourth-order valence-electron chi connectivity index (χ4n) is 0.771. The molecule has 0 amide bonds. The highest BCUT2D eigenvalue weighted by atomic mass is 16.5. The van der Waals surface area contributed by atoms with Crippen molar-refractivity contribution in [2.45, 2.75) is 12.6 Å². The molecule has 62 valence electrons. The van der Waals surface area contributed by atoms with Crippen LogP contribution in [0.5, 0.6) is 0 Å². The molecule has 1 N–H and O–H groups in total. The monoisotopic (exact) mass is 157 g/mol. The van der Waals surface area contributed by atoms with Crippen molar-refractivity contribution in [2.24, 2.45) is 0 Å². The standard InChI is InChI=1S/C6H11N3O2/c1-11-5-6(10)4-9-7-2-3-8-9/h2-3,6,10H,4-5H2,1H3. The number of rotatable bonds is 4. The van der Waals surface area contributed by atoms with E-state index < -0.39 is 6.10 Å². The Morgan fingerprint density at radius 2 is 2.18 bits per heavy atom. The van der Waals surface area contributed by atoms with Gasteiger partial charge in [0.05, 0.1) is 31.6 Å². The van der Waals surface area contributed by atoms with E-state index >= 15 is 0 Å². The molecule has 1 heterocycles. The molecule has 0 aliphatic heterocycles. The maximum Gasteiger partial charge on any atom is 0.0986 e. The Bertz CT molecular complexity index is 188. The molecule has 5 nitrogen and oxygen atoms in total. The highest BCUT2D eigenvalue weighted by Crippen LogP contribution is 1.87. The lowest BCUT2D eigenvalue weighted by molar-refractivity contribution is 0.0486. The molecule has 0 radical (unpaired) electrons. The predicted octanol–water partition coefficient (Wildman–Crippen LogP) is -0.715. The molecule has 0 spiro atoms. The molecule has 1 aromatic rings. The van der Waals surface area contributed by atoms with Crippen LogP contribution in [0.3, 0.4) is 0 Å². The molecule has 5 heteroatoms. The number of nitrogens with zero attached hydrogens (tertiary/aromatic N) is 3. The first-order valence-corrected chi connectivity index (χ1v) is 3.34. The van der Waals surface area contributed by atoms with Crippen molar-refractivity contribution in [3.05, 3.63) is 12.4 Å². The first-order valence-electron chi connectivity index (χ1n) is 3.34. The second-order valence-corrected chi connectivity index (χ2v) is 2.19. The van der Waals surface area contributed by atoms with Crippen LogP contribution in [0.2, 0.25) is 0 Å². The zero-order valence-corrected chi connectivity index (χ0v) is 6.34. The molecule has 1 rings (SSSR count). The molecule has 0 aliphatic rings. The van der Waals surface area contributed by atoms with Crippen LogP contribution in [0.25, 0.3) is 0 Å². The summed E-state index contributed by atoms with van der Waals surface area (Å²) in [5.41, 5.74) is 0.